The fraction of sp³-hybridized carbons (Fsp3) is 0.154. The number of nitrogens with zero attached hydrogens (tertiary/aromatic N) is 1. The molecule has 1 aliphatic heterocycles. The van der Waals surface area contributed by atoms with Gasteiger partial charge in [-0.1, -0.05) is 12.1 Å². The number of anilines is 2. The molecule has 1 aromatic carbocycles. The number of rotatable bonds is 1. The van der Waals surface area contributed by atoms with E-state index >= 15 is 0 Å². The normalized spacial score (nSPS) is 13.8. The van der Waals surface area contributed by atoms with E-state index in [1.807, 2.05) is 18.2 Å². The van der Waals surface area contributed by atoms with Crippen molar-refractivity contribution in [1.82, 2.24) is 0 Å². The summed E-state index contributed by atoms with van der Waals surface area (Å²) < 4.78 is 5.13. The van der Waals surface area contributed by atoms with Crippen molar-refractivity contribution in [3.05, 3.63) is 47.9 Å². The number of hydrogen-bond acceptors (Lipinski definition) is 3. The number of nitrogen functional groups attached to an aromatic ring is 1. The molecule has 1 aromatic heterocycles. The van der Waals surface area contributed by atoms with Crippen molar-refractivity contribution >= 4 is 17.3 Å². The second-order valence-corrected chi connectivity index (χ2v) is 4.04. The van der Waals surface area contributed by atoms with Gasteiger partial charge in [0, 0.05) is 6.54 Å². The first-order chi connectivity index (χ1) is 8.27. The van der Waals surface area contributed by atoms with Crippen LogP contribution < -0.4 is 10.6 Å². The third kappa shape index (κ3) is 1.49. The van der Waals surface area contributed by atoms with Crippen LogP contribution in [0, 0.1) is 0 Å². The lowest BCUT2D eigenvalue weighted by molar-refractivity contribution is 0.0963. The van der Waals surface area contributed by atoms with Gasteiger partial charge in [-0.05, 0) is 30.2 Å². The Balaban J connectivity index is 2.02. The molecule has 0 atom stereocenters. The molecule has 0 spiro atoms. The Morgan fingerprint density at radius 2 is 2.18 bits per heavy atom. The maximum atomic E-state index is 12.2. The van der Waals surface area contributed by atoms with Crippen molar-refractivity contribution < 1.29 is 9.21 Å². The number of nitrogens with two attached hydrogens (primary N) is 1. The fourth-order valence-electron chi connectivity index (χ4n) is 2.22. The number of carbonyl (C=O) groups is 1. The number of fused-ring (bicyclic) bond motifs is 1. The van der Waals surface area contributed by atoms with Gasteiger partial charge in [-0.2, -0.15) is 0 Å². The van der Waals surface area contributed by atoms with Crippen LogP contribution in [-0.2, 0) is 6.42 Å². The molecule has 1 aliphatic rings. The van der Waals surface area contributed by atoms with E-state index in [0.29, 0.717) is 18.0 Å². The van der Waals surface area contributed by atoms with Crippen LogP contribution in [0.3, 0.4) is 0 Å². The second kappa shape index (κ2) is 3.66. The Bertz CT molecular complexity index is 561. The van der Waals surface area contributed by atoms with E-state index < -0.39 is 0 Å². The van der Waals surface area contributed by atoms with Gasteiger partial charge in [0.05, 0.1) is 17.6 Å². The minimum absolute atomic E-state index is 0.133. The molecule has 0 saturated heterocycles. The molecular formula is C13H12N2O2. The molecule has 4 heteroatoms. The Kier molecular flexibility index (Phi) is 2.14. The molecule has 0 radical (unpaired) electrons. The summed E-state index contributed by atoms with van der Waals surface area (Å²) in [6.45, 7) is 0.656. The lowest BCUT2D eigenvalue weighted by Crippen LogP contribution is -2.29. The molecule has 1 amide bonds. The molecule has 0 aliphatic carbocycles. The molecule has 0 saturated carbocycles. The van der Waals surface area contributed by atoms with E-state index in [4.69, 9.17) is 10.2 Å². The van der Waals surface area contributed by atoms with Crippen LogP contribution in [0.2, 0.25) is 0 Å². The quantitative estimate of drug-likeness (QED) is 0.760. The summed E-state index contributed by atoms with van der Waals surface area (Å²) in [4.78, 5) is 13.9. The van der Waals surface area contributed by atoms with Crippen molar-refractivity contribution in [2.45, 2.75) is 6.42 Å². The van der Waals surface area contributed by atoms with E-state index in [0.717, 1.165) is 17.7 Å². The number of hydrogen-bond donors (Lipinski definition) is 1. The van der Waals surface area contributed by atoms with Crippen molar-refractivity contribution in [2.24, 2.45) is 0 Å². The fourth-order valence-corrected chi connectivity index (χ4v) is 2.22. The predicted molar refractivity (Wildman–Crippen MR) is 64.9 cm³/mol. The monoisotopic (exact) mass is 228 g/mol. The maximum absolute atomic E-state index is 12.2. The number of benzene rings is 1. The zero-order valence-corrected chi connectivity index (χ0v) is 9.22. The zero-order chi connectivity index (χ0) is 11.8. The molecule has 0 fully saturated rings. The average molecular weight is 228 g/mol. The van der Waals surface area contributed by atoms with Crippen LogP contribution in [0.1, 0.15) is 16.1 Å². The first kappa shape index (κ1) is 9.96. The number of furan rings is 1. The van der Waals surface area contributed by atoms with Crippen LogP contribution in [-0.4, -0.2) is 12.5 Å². The molecule has 86 valence electrons. The summed E-state index contributed by atoms with van der Waals surface area (Å²) in [6, 6.07) is 9.10. The molecule has 2 N–H and O–H groups in total. The summed E-state index contributed by atoms with van der Waals surface area (Å²) in [5.41, 5.74) is 8.51. The Hall–Kier alpha value is -2.23. The van der Waals surface area contributed by atoms with Gasteiger partial charge in [0.1, 0.15) is 0 Å². The SMILES string of the molecule is Nc1cccc2c1N(C(=O)c1ccco1)CC2. The Labute approximate surface area is 98.6 Å². The molecule has 0 unspecified atom stereocenters. The van der Waals surface area contributed by atoms with Crippen molar-refractivity contribution in [1.29, 1.82) is 0 Å². The highest BCUT2D eigenvalue weighted by Gasteiger charge is 2.28. The third-order valence-electron chi connectivity index (χ3n) is 3.00. The standard InChI is InChI=1S/C13H12N2O2/c14-10-4-1-3-9-6-7-15(12(9)10)13(16)11-5-2-8-17-11/h1-5,8H,6-7,14H2. The van der Waals surface area contributed by atoms with Gasteiger partial charge in [-0.25, -0.2) is 0 Å². The highest BCUT2D eigenvalue weighted by atomic mass is 16.3. The minimum Gasteiger partial charge on any atom is -0.459 e. The number of carbonyl (C=O) groups excluding carboxylic acids is 1. The van der Waals surface area contributed by atoms with E-state index in [1.165, 1.54) is 6.26 Å². The van der Waals surface area contributed by atoms with Gasteiger partial charge in [-0.3, -0.25) is 4.79 Å². The second-order valence-electron chi connectivity index (χ2n) is 4.04. The first-order valence-electron chi connectivity index (χ1n) is 5.50. The molecule has 3 rings (SSSR count). The predicted octanol–water partition coefficient (Wildman–Crippen LogP) is 2.06. The molecule has 0 bridgehead atoms. The van der Waals surface area contributed by atoms with E-state index in [-0.39, 0.29) is 5.91 Å². The topological polar surface area (TPSA) is 59.5 Å². The van der Waals surface area contributed by atoms with Gasteiger partial charge >= 0.3 is 0 Å². The van der Waals surface area contributed by atoms with E-state index in [9.17, 15) is 4.79 Å². The largest absolute Gasteiger partial charge is 0.459 e. The number of amides is 1. The van der Waals surface area contributed by atoms with Gasteiger partial charge < -0.3 is 15.1 Å². The van der Waals surface area contributed by atoms with Gasteiger partial charge in [-0.15, -0.1) is 0 Å². The smallest absolute Gasteiger partial charge is 0.294 e. The highest BCUT2D eigenvalue weighted by Crippen LogP contribution is 2.34. The van der Waals surface area contributed by atoms with Gasteiger partial charge in [0.2, 0.25) is 0 Å². The van der Waals surface area contributed by atoms with Crippen LogP contribution in [0.4, 0.5) is 11.4 Å². The summed E-state index contributed by atoms with van der Waals surface area (Å²) in [5, 5.41) is 0. The van der Waals surface area contributed by atoms with Crippen LogP contribution in [0.15, 0.2) is 41.0 Å². The Morgan fingerprint density at radius 1 is 1.29 bits per heavy atom. The lowest BCUT2D eigenvalue weighted by atomic mass is 10.1. The van der Waals surface area contributed by atoms with Crippen molar-refractivity contribution in [2.75, 3.05) is 17.2 Å². The van der Waals surface area contributed by atoms with Crippen LogP contribution >= 0.6 is 0 Å². The molecule has 4 nitrogen and oxygen atoms in total. The minimum atomic E-state index is -0.133. The first-order valence-corrected chi connectivity index (χ1v) is 5.50. The maximum Gasteiger partial charge on any atom is 0.294 e. The zero-order valence-electron chi connectivity index (χ0n) is 9.22. The average Bonchev–Trinajstić information content (AvgIpc) is 2.98. The van der Waals surface area contributed by atoms with Gasteiger partial charge in [0.15, 0.2) is 5.76 Å². The highest BCUT2D eigenvalue weighted by molar-refractivity contribution is 6.07. The van der Waals surface area contributed by atoms with E-state index in [2.05, 4.69) is 0 Å². The molecular weight excluding hydrogens is 216 g/mol. The van der Waals surface area contributed by atoms with Crippen LogP contribution in [0.25, 0.3) is 0 Å². The summed E-state index contributed by atoms with van der Waals surface area (Å²) >= 11 is 0. The molecule has 2 heterocycles. The summed E-state index contributed by atoms with van der Waals surface area (Å²) in [6.07, 6.45) is 2.34. The van der Waals surface area contributed by atoms with Crippen molar-refractivity contribution in [3.8, 4) is 0 Å². The summed E-state index contributed by atoms with van der Waals surface area (Å²) in [7, 11) is 0. The Morgan fingerprint density at radius 3 is 2.94 bits per heavy atom. The summed E-state index contributed by atoms with van der Waals surface area (Å²) in [5.74, 6) is 0.216. The third-order valence-corrected chi connectivity index (χ3v) is 3.00. The molecule has 2 aromatic rings. The molecule has 17 heavy (non-hydrogen) atoms. The van der Waals surface area contributed by atoms with Crippen molar-refractivity contribution in [3.63, 3.8) is 0 Å². The van der Waals surface area contributed by atoms with E-state index in [1.54, 1.807) is 17.0 Å². The lowest BCUT2D eigenvalue weighted by Gasteiger charge is -2.17. The van der Waals surface area contributed by atoms with Crippen LogP contribution in [0.5, 0.6) is 0 Å². The number of para-hydroxylation sites is 1. The van der Waals surface area contributed by atoms with Gasteiger partial charge in [0.25, 0.3) is 5.91 Å².